The Morgan fingerprint density at radius 1 is 1.40 bits per heavy atom. The summed E-state index contributed by atoms with van der Waals surface area (Å²) in [7, 11) is 0. The van der Waals surface area contributed by atoms with Crippen LogP contribution in [0.3, 0.4) is 0 Å². The number of rotatable bonds is 4. The lowest BCUT2D eigenvalue weighted by Crippen LogP contribution is -2.27. The van der Waals surface area contributed by atoms with Crippen LogP contribution in [0.4, 0.5) is 5.82 Å². The van der Waals surface area contributed by atoms with Crippen molar-refractivity contribution in [1.29, 1.82) is 0 Å². The van der Waals surface area contributed by atoms with Crippen molar-refractivity contribution in [1.82, 2.24) is 10.3 Å². The lowest BCUT2D eigenvalue weighted by atomic mass is 10.1. The highest BCUT2D eigenvalue weighted by molar-refractivity contribution is 6.07. The number of amides is 1. The first-order valence-corrected chi connectivity index (χ1v) is 7.13. The van der Waals surface area contributed by atoms with Crippen LogP contribution in [-0.2, 0) is 0 Å². The summed E-state index contributed by atoms with van der Waals surface area (Å²) in [4.78, 5) is 17.0. The fourth-order valence-electron chi connectivity index (χ4n) is 2.40. The van der Waals surface area contributed by atoms with Gasteiger partial charge in [-0.3, -0.25) is 4.79 Å². The molecular weight excluding hydrogens is 250 g/mol. The first-order valence-electron chi connectivity index (χ1n) is 7.13. The van der Waals surface area contributed by atoms with E-state index in [4.69, 9.17) is 0 Å². The van der Waals surface area contributed by atoms with Crippen molar-refractivity contribution in [2.45, 2.75) is 26.3 Å². The summed E-state index contributed by atoms with van der Waals surface area (Å²) in [5.74, 6) is 1.34. The van der Waals surface area contributed by atoms with Gasteiger partial charge in [0.15, 0.2) is 0 Å². The monoisotopic (exact) mass is 269 g/mol. The van der Waals surface area contributed by atoms with E-state index in [1.165, 1.54) is 0 Å². The Hall–Kier alpha value is -2.10. The highest BCUT2D eigenvalue weighted by atomic mass is 16.1. The number of pyridine rings is 1. The molecule has 3 rings (SSSR count). The average molecular weight is 269 g/mol. The van der Waals surface area contributed by atoms with Gasteiger partial charge in [-0.2, -0.15) is 0 Å². The molecule has 104 valence electrons. The normalized spacial score (nSPS) is 20.7. The van der Waals surface area contributed by atoms with Crippen LogP contribution in [0.2, 0.25) is 0 Å². The first kappa shape index (κ1) is 12.9. The van der Waals surface area contributed by atoms with Crippen LogP contribution < -0.4 is 10.6 Å². The molecule has 0 saturated heterocycles. The number of aromatic nitrogens is 1. The maximum atomic E-state index is 12.4. The molecule has 4 heteroatoms. The van der Waals surface area contributed by atoms with Crippen molar-refractivity contribution in [3.05, 3.63) is 35.9 Å². The summed E-state index contributed by atoms with van der Waals surface area (Å²) in [6.07, 6.45) is 1.08. The second-order valence-electron chi connectivity index (χ2n) is 5.40. The van der Waals surface area contributed by atoms with Gasteiger partial charge in [-0.05, 0) is 31.4 Å². The van der Waals surface area contributed by atoms with Gasteiger partial charge in [-0.1, -0.05) is 25.1 Å². The lowest BCUT2D eigenvalue weighted by Gasteiger charge is -2.10. The molecule has 1 aromatic carbocycles. The van der Waals surface area contributed by atoms with Crippen LogP contribution in [0.25, 0.3) is 10.9 Å². The fourth-order valence-corrected chi connectivity index (χ4v) is 2.40. The van der Waals surface area contributed by atoms with E-state index in [1.807, 2.05) is 37.3 Å². The number of benzene rings is 1. The molecule has 2 unspecified atom stereocenters. The van der Waals surface area contributed by atoms with Crippen molar-refractivity contribution >= 4 is 22.6 Å². The van der Waals surface area contributed by atoms with Crippen LogP contribution in [0, 0.1) is 5.92 Å². The fraction of sp³-hybridized carbons (Fsp3) is 0.375. The third kappa shape index (κ3) is 2.46. The summed E-state index contributed by atoms with van der Waals surface area (Å²) in [6, 6.07) is 9.94. The number of para-hydroxylation sites is 1. The van der Waals surface area contributed by atoms with Crippen molar-refractivity contribution in [2.75, 3.05) is 11.9 Å². The minimum Gasteiger partial charge on any atom is -0.370 e. The molecule has 2 atom stereocenters. The van der Waals surface area contributed by atoms with E-state index in [9.17, 15) is 4.79 Å². The Bertz CT molecular complexity index is 653. The van der Waals surface area contributed by atoms with Crippen LogP contribution in [0.5, 0.6) is 0 Å². The summed E-state index contributed by atoms with van der Waals surface area (Å²) in [5.41, 5.74) is 1.55. The molecule has 0 spiro atoms. The number of carbonyl (C=O) groups is 1. The zero-order chi connectivity index (χ0) is 14.1. The number of fused-ring (bicyclic) bond motifs is 1. The SMILES string of the molecule is CCNc1cc(C(=O)NC2CC2C)c2ccccc2n1. The van der Waals surface area contributed by atoms with Gasteiger partial charge in [-0.15, -0.1) is 0 Å². The Balaban J connectivity index is 2.00. The molecule has 0 bridgehead atoms. The van der Waals surface area contributed by atoms with Crippen molar-refractivity contribution < 1.29 is 4.79 Å². The van der Waals surface area contributed by atoms with Crippen LogP contribution in [-0.4, -0.2) is 23.5 Å². The van der Waals surface area contributed by atoms with Gasteiger partial charge in [-0.25, -0.2) is 4.98 Å². The summed E-state index contributed by atoms with van der Waals surface area (Å²) in [5, 5.41) is 7.17. The average Bonchev–Trinajstić information content (AvgIpc) is 3.13. The molecular formula is C16H19N3O. The molecule has 0 aliphatic heterocycles. The Morgan fingerprint density at radius 3 is 2.85 bits per heavy atom. The van der Waals surface area contributed by atoms with Gasteiger partial charge < -0.3 is 10.6 Å². The van der Waals surface area contributed by atoms with Crippen molar-refractivity contribution in [3.63, 3.8) is 0 Å². The third-order valence-electron chi connectivity index (χ3n) is 3.74. The zero-order valence-corrected chi connectivity index (χ0v) is 11.8. The number of carbonyl (C=O) groups excluding carboxylic acids is 1. The van der Waals surface area contributed by atoms with E-state index in [-0.39, 0.29) is 5.91 Å². The van der Waals surface area contributed by atoms with Gasteiger partial charge in [0.1, 0.15) is 5.82 Å². The molecule has 1 fully saturated rings. The standard InChI is InChI=1S/C16H19N3O/c1-3-17-15-9-12(16(20)19-14-8-10(14)2)11-6-4-5-7-13(11)18-15/h4-7,9-10,14H,3,8H2,1-2H3,(H,17,18)(H,19,20). The summed E-state index contributed by atoms with van der Waals surface area (Å²) in [6.45, 7) is 4.95. The zero-order valence-electron chi connectivity index (χ0n) is 11.8. The minimum absolute atomic E-state index is 0.00268. The first-order chi connectivity index (χ1) is 9.69. The number of nitrogens with zero attached hydrogens (tertiary/aromatic N) is 1. The Labute approximate surface area is 118 Å². The second kappa shape index (κ2) is 5.12. The van der Waals surface area contributed by atoms with Gasteiger partial charge in [0.25, 0.3) is 5.91 Å². The molecule has 1 heterocycles. The second-order valence-corrected chi connectivity index (χ2v) is 5.40. The summed E-state index contributed by atoms with van der Waals surface area (Å²) < 4.78 is 0. The van der Waals surface area contributed by atoms with Crippen LogP contribution >= 0.6 is 0 Å². The van der Waals surface area contributed by atoms with Crippen LogP contribution in [0.1, 0.15) is 30.6 Å². The number of hydrogen-bond donors (Lipinski definition) is 2. The molecule has 1 aromatic heterocycles. The highest BCUT2D eigenvalue weighted by Gasteiger charge is 2.34. The van der Waals surface area contributed by atoms with Gasteiger partial charge in [0, 0.05) is 18.0 Å². The predicted octanol–water partition coefficient (Wildman–Crippen LogP) is 2.80. The number of anilines is 1. The molecule has 1 saturated carbocycles. The third-order valence-corrected chi connectivity index (χ3v) is 3.74. The lowest BCUT2D eigenvalue weighted by molar-refractivity contribution is 0.0951. The molecule has 1 amide bonds. The number of hydrogen-bond acceptors (Lipinski definition) is 3. The molecule has 2 aromatic rings. The van der Waals surface area contributed by atoms with E-state index < -0.39 is 0 Å². The topological polar surface area (TPSA) is 54.0 Å². The van der Waals surface area contributed by atoms with Crippen LogP contribution in [0.15, 0.2) is 30.3 Å². The molecule has 4 nitrogen and oxygen atoms in total. The number of nitrogens with one attached hydrogen (secondary N) is 2. The van der Waals surface area contributed by atoms with E-state index in [0.717, 1.165) is 29.7 Å². The summed E-state index contributed by atoms with van der Waals surface area (Å²) >= 11 is 0. The molecule has 1 aliphatic rings. The van der Waals surface area contributed by atoms with E-state index in [0.29, 0.717) is 17.5 Å². The minimum atomic E-state index is -0.00268. The van der Waals surface area contributed by atoms with Crippen molar-refractivity contribution in [3.8, 4) is 0 Å². The largest absolute Gasteiger partial charge is 0.370 e. The van der Waals surface area contributed by atoms with E-state index in [2.05, 4.69) is 22.5 Å². The van der Waals surface area contributed by atoms with Gasteiger partial charge >= 0.3 is 0 Å². The quantitative estimate of drug-likeness (QED) is 0.897. The Morgan fingerprint density at radius 2 is 2.15 bits per heavy atom. The van der Waals surface area contributed by atoms with Crippen molar-refractivity contribution in [2.24, 2.45) is 5.92 Å². The van der Waals surface area contributed by atoms with Gasteiger partial charge in [0.05, 0.1) is 11.1 Å². The maximum Gasteiger partial charge on any atom is 0.252 e. The predicted molar refractivity (Wildman–Crippen MR) is 80.9 cm³/mol. The van der Waals surface area contributed by atoms with E-state index >= 15 is 0 Å². The Kier molecular flexibility index (Phi) is 3.30. The maximum absolute atomic E-state index is 12.4. The molecule has 2 N–H and O–H groups in total. The molecule has 1 aliphatic carbocycles. The van der Waals surface area contributed by atoms with Gasteiger partial charge in [0.2, 0.25) is 0 Å². The molecule has 20 heavy (non-hydrogen) atoms. The van der Waals surface area contributed by atoms with E-state index in [1.54, 1.807) is 0 Å². The molecule has 0 radical (unpaired) electrons. The smallest absolute Gasteiger partial charge is 0.252 e. The highest BCUT2D eigenvalue weighted by Crippen LogP contribution is 2.30.